The molecule has 0 aliphatic carbocycles. The number of ether oxygens (including phenoxy) is 1. The fourth-order valence-electron chi connectivity index (χ4n) is 2.29. The van der Waals surface area contributed by atoms with Crippen LogP contribution < -0.4 is 0 Å². The molecular formula is C13H25N3O2. The van der Waals surface area contributed by atoms with Crippen molar-refractivity contribution < 1.29 is 9.84 Å². The minimum atomic E-state index is -0.408. The van der Waals surface area contributed by atoms with Crippen LogP contribution in [0.2, 0.25) is 0 Å². The number of β-amino-alcohol motifs (C(OH)–C–C–N with tert-alkyl or cyclic N) is 1. The van der Waals surface area contributed by atoms with Crippen molar-refractivity contribution in [1.29, 1.82) is 5.26 Å². The molecule has 1 N–H and O–H groups in total. The highest BCUT2D eigenvalue weighted by Crippen LogP contribution is 2.09. The first kappa shape index (κ1) is 15.4. The van der Waals surface area contributed by atoms with Gasteiger partial charge in [-0.2, -0.15) is 5.26 Å². The van der Waals surface area contributed by atoms with Gasteiger partial charge in [-0.1, -0.05) is 6.92 Å². The normalized spacial score (nSPS) is 21.4. The van der Waals surface area contributed by atoms with Crippen molar-refractivity contribution in [3.8, 4) is 6.07 Å². The zero-order chi connectivity index (χ0) is 13.4. The molecule has 2 atom stereocenters. The molecule has 1 heterocycles. The zero-order valence-corrected chi connectivity index (χ0v) is 11.5. The van der Waals surface area contributed by atoms with E-state index in [0.29, 0.717) is 19.8 Å². The molecule has 1 saturated heterocycles. The first-order valence-electron chi connectivity index (χ1n) is 6.83. The average molecular weight is 255 g/mol. The summed E-state index contributed by atoms with van der Waals surface area (Å²) in [4.78, 5) is 4.47. The number of aliphatic hydroxyl groups excluding tert-OH is 1. The van der Waals surface area contributed by atoms with Gasteiger partial charge in [0.2, 0.25) is 0 Å². The van der Waals surface area contributed by atoms with Crippen LogP contribution in [-0.4, -0.2) is 73.0 Å². The van der Waals surface area contributed by atoms with Gasteiger partial charge in [-0.15, -0.1) is 0 Å². The summed E-state index contributed by atoms with van der Waals surface area (Å²) < 4.78 is 5.20. The lowest BCUT2D eigenvalue weighted by atomic mass is 10.2. The monoisotopic (exact) mass is 255 g/mol. The van der Waals surface area contributed by atoms with Gasteiger partial charge in [0.05, 0.1) is 24.8 Å². The van der Waals surface area contributed by atoms with E-state index in [-0.39, 0.29) is 6.04 Å². The van der Waals surface area contributed by atoms with Gasteiger partial charge in [-0.05, 0) is 13.3 Å². The van der Waals surface area contributed by atoms with Gasteiger partial charge in [0.25, 0.3) is 0 Å². The first-order valence-corrected chi connectivity index (χ1v) is 6.83. The number of rotatable bonds is 7. The molecule has 5 nitrogen and oxygen atoms in total. The van der Waals surface area contributed by atoms with Gasteiger partial charge in [0.15, 0.2) is 0 Å². The maximum absolute atomic E-state index is 9.77. The third kappa shape index (κ3) is 4.91. The minimum absolute atomic E-state index is 0.0421. The highest BCUT2D eigenvalue weighted by Gasteiger charge is 2.23. The number of piperazine rings is 1. The van der Waals surface area contributed by atoms with Crippen LogP contribution >= 0.6 is 0 Å². The van der Waals surface area contributed by atoms with E-state index in [0.717, 1.165) is 32.6 Å². The fraction of sp³-hybridized carbons (Fsp3) is 0.923. The number of aliphatic hydroxyl groups is 1. The summed E-state index contributed by atoms with van der Waals surface area (Å²) in [5.41, 5.74) is 0. The number of nitriles is 1. The molecule has 1 rings (SSSR count). The Morgan fingerprint density at radius 3 is 2.44 bits per heavy atom. The van der Waals surface area contributed by atoms with Crippen LogP contribution in [0.1, 0.15) is 20.3 Å². The van der Waals surface area contributed by atoms with Crippen molar-refractivity contribution in [2.45, 2.75) is 32.4 Å². The Morgan fingerprint density at radius 2 is 1.94 bits per heavy atom. The molecule has 0 aromatic heterocycles. The van der Waals surface area contributed by atoms with E-state index in [1.165, 1.54) is 0 Å². The maximum atomic E-state index is 9.77. The van der Waals surface area contributed by atoms with E-state index < -0.39 is 6.10 Å². The molecule has 0 bridgehead atoms. The summed E-state index contributed by atoms with van der Waals surface area (Å²) >= 11 is 0. The molecule has 1 fully saturated rings. The van der Waals surface area contributed by atoms with Gasteiger partial charge in [0.1, 0.15) is 0 Å². The maximum Gasteiger partial charge on any atom is 0.0976 e. The Kier molecular flexibility index (Phi) is 7.21. The zero-order valence-electron chi connectivity index (χ0n) is 11.5. The molecule has 0 spiro atoms. The lowest BCUT2D eigenvalue weighted by Gasteiger charge is -2.37. The predicted octanol–water partition coefficient (Wildman–Crippen LogP) is 0.304. The molecule has 2 unspecified atom stereocenters. The number of hydrogen-bond donors (Lipinski definition) is 1. The molecule has 1 aliphatic heterocycles. The SMILES string of the molecule is CCOCC(O)CN1CCN(C(C#N)CC)CC1. The summed E-state index contributed by atoms with van der Waals surface area (Å²) in [6, 6.07) is 2.39. The Balaban J connectivity index is 2.25. The lowest BCUT2D eigenvalue weighted by Crippen LogP contribution is -2.51. The van der Waals surface area contributed by atoms with E-state index in [1.54, 1.807) is 0 Å². The minimum Gasteiger partial charge on any atom is -0.389 e. The van der Waals surface area contributed by atoms with Gasteiger partial charge >= 0.3 is 0 Å². The number of hydrogen-bond acceptors (Lipinski definition) is 5. The molecule has 18 heavy (non-hydrogen) atoms. The second-order valence-electron chi connectivity index (χ2n) is 4.70. The summed E-state index contributed by atoms with van der Waals surface area (Å²) in [5, 5.41) is 18.8. The van der Waals surface area contributed by atoms with Gasteiger partial charge in [-0.25, -0.2) is 0 Å². The van der Waals surface area contributed by atoms with Crippen molar-refractivity contribution in [1.82, 2.24) is 9.80 Å². The molecule has 104 valence electrons. The molecule has 0 radical (unpaired) electrons. The lowest BCUT2D eigenvalue weighted by molar-refractivity contribution is 0.00867. The quantitative estimate of drug-likeness (QED) is 0.709. The molecule has 0 aromatic carbocycles. The first-order chi connectivity index (χ1) is 8.71. The van der Waals surface area contributed by atoms with Crippen molar-refractivity contribution in [3.63, 3.8) is 0 Å². The van der Waals surface area contributed by atoms with Crippen LogP contribution in [-0.2, 0) is 4.74 Å². The predicted molar refractivity (Wildman–Crippen MR) is 70.2 cm³/mol. The van der Waals surface area contributed by atoms with E-state index >= 15 is 0 Å². The van der Waals surface area contributed by atoms with E-state index in [9.17, 15) is 5.11 Å². The van der Waals surface area contributed by atoms with Crippen LogP contribution in [0.3, 0.4) is 0 Å². The smallest absolute Gasteiger partial charge is 0.0976 e. The van der Waals surface area contributed by atoms with Crippen molar-refractivity contribution in [3.05, 3.63) is 0 Å². The van der Waals surface area contributed by atoms with E-state index in [1.807, 2.05) is 13.8 Å². The largest absolute Gasteiger partial charge is 0.389 e. The van der Waals surface area contributed by atoms with Crippen LogP contribution in [0.25, 0.3) is 0 Å². The van der Waals surface area contributed by atoms with Crippen molar-refractivity contribution in [2.24, 2.45) is 0 Å². The Labute approximate surface area is 110 Å². The molecular weight excluding hydrogens is 230 g/mol. The standard InChI is InChI=1S/C13H25N3O2/c1-3-12(9-14)16-7-5-15(6-8-16)10-13(17)11-18-4-2/h12-13,17H,3-8,10-11H2,1-2H3. The van der Waals surface area contributed by atoms with Crippen LogP contribution in [0.5, 0.6) is 0 Å². The molecule has 0 saturated carbocycles. The third-order valence-electron chi connectivity index (χ3n) is 3.37. The third-order valence-corrected chi connectivity index (χ3v) is 3.37. The molecule has 0 amide bonds. The summed E-state index contributed by atoms with van der Waals surface area (Å²) in [7, 11) is 0. The van der Waals surface area contributed by atoms with E-state index in [2.05, 4.69) is 15.9 Å². The highest BCUT2D eigenvalue weighted by atomic mass is 16.5. The van der Waals surface area contributed by atoms with Crippen molar-refractivity contribution in [2.75, 3.05) is 45.9 Å². The van der Waals surface area contributed by atoms with E-state index in [4.69, 9.17) is 10.00 Å². The topological polar surface area (TPSA) is 59.7 Å². The van der Waals surface area contributed by atoms with Crippen LogP contribution in [0, 0.1) is 11.3 Å². The summed E-state index contributed by atoms with van der Waals surface area (Å²) in [6.07, 6.45) is 0.471. The molecule has 1 aliphatic rings. The fourth-order valence-corrected chi connectivity index (χ4v) is 2.29. The molecule has 5 heteroatoms. The Bertz CT molecular complexity index is 259. The highest BCUT2D eigenvalue weighted by molar-refractivity contribution is 4.92. The molecule has 0 aromatic rings. The Hall–Kier alpha value is -0.670. The second kappa shape index (κ2) is 8.44. The van der Waals surface area contributed by atoms with Gasteiger partial charge in [-0.3, -0.25) is 9.80 Å². The van der Waals surface area contributed by atoms with Gasteiger partial charge < -0.3 is 9.84 Å². The summed E-state index contributed by atoms with van der Waals surface area (Å²) in [6.45, 7) is 9.35. The van der Waals surface area contributed by atoms with Crippen LogP contribution in [0.4, 0.5) is 0 Å². The average Bonchev–Trinajstić information content (AvgIpc) is 2.40. The second-order valence-corrected chi connectivity index (χ2v) is 4.70. The van der Waals surface area contributed by atoms with Crippen LogP contribution in [0.15, 0.2) is 0 Å². The summed E-state index contributed by atoms with van der Waals surface area (Å²) in [5.74, 6) is 0. The number of nitrogens with zero attached hydrogens (tertiary/aromatic N) is 3. The van der Waals surface area contributed by atoms with Gasteiger partial charge in [0, 0.05) is 39.3 Å². The van der Waals surface area contributed by atoms with Crippen molar-refractivity contribution >= 4 is 0 Å². The Morgan fingerprint density at radius 1 is 1.28 bits per heavy atom.